The first-order valence-corrected chi connectivity index (χ1v) is 8.72. The van der Waals surface area contributed by atoms with Gasteiger partial charge in [-0.2, -0.15) is 0 Å². The Morgan fingerprint density at radius 3 is 2.50 bits per heavy atom. The van der Waals surface area contributed by atoms with Gasteiger partial charge in [0, 0.05) is 42.8 Å². The van der Waals surface area contributed by atoms with E-state index < -0.39 is 0 Å². The Labute approximate surface area is 151 Å². The van der Waals surface area contributed by atoms with Crippen molar-refractivity contribution in [3.05, 3.63) is 60.4 Å². The van der Waals surface area contributed by atoms with Gasteiger partial charge in [0.2, 0.25) is 5.91 Å². The van der Waals surface area contributed by atoms with Crippen molar-refractivity contribution in [1.29, 1.82) is 0 Å². The molecule has 0 aliphatic carbocycles. The van der Waals surface area contributed by atoms with Crippen LogP contribution in [0.15, 0.2) is 54.6 Å². The second-order valence-corrected chi connectivity index (χ2v) is 7.10. The van der Waals surface area contributed by atoms with Crippen LogP contribution in [0.3, 0.4) is 0 Å². The third-order valence-electron chi connectivity index (χ3n) is 5.21. The van der Waals surface area contributed by atoms with Gasteiger partial charge in [0.05, 0.1) is 0 Å². The van der Waals surface area contributed by atoms with Crippen molar-refractivity contribution in [2.45, 2.75) is 12.8 Å². The van der Waals surface area contributed by atoms with Crippen LogP contribution in [-0.2, 0) is 4.79 Å². The molecule has 2 saturated heterocycles. The van der Waals surface area contributed by atoms with E-state index in [2.05, 4.69) is 5.32 Å². The maximum Gasteiger partial charge on any atom is 0.321 e. The molecule has 134 valence electrons. The highest BCUT2D eigenvalue weighted by molar-refractivity contribution is 5.97. The third-order valence-corrected chi connectivity index (χ3v) is 5.21. The smallest absolute Gasteiger partial charge is 0.321 e. The van der Waals surface area contributed by atoms with Gasteiger partial charge in [0.25, 0.3) is 0 Å². The monoisotopic (exact) mass is 353 g/mol. The topological polar surface area (TPSA) is 52.7 Å². The van der Waals surface area contributed by atoms with Gasteiger partial charge in [-0.1, -0.05) is 18.2 Å². The average molecular weight is 353 g/mol. The zero-order valence-electron chi connectivity index (χ0n) is 14.3. The molecule has 2 aliphatic heterocycles. The zero-order valence-corrected chi connectivity index (χ0v) is 14.3. The average Bonchev–Trinajstić information content (AvgIpc) is 3.20. The van der Waals surface area contributed by atoms with Gasteiger partial charge in [0.15, 0.2) is 0 Å². The van der Waals surface area contributed by atoms with Crippen LogP contribution in [0.1, 0.15) is 12.8 Å². The molecule has 0 aromatic heterocycles. The third kappa shape index (κ3) is 3.14. The van der Waals surface area contributed by atoms with Crippen molar-refractivity contribution in [2.24, 2.45) is 5.41 Å². The number of hydrogen-bond acceptors (Lipinski definition) is 2. The van der Waals surface area contributed by atoms with E-state index in [0.29, 0.717) is 31.7 Å². The minimum absolute atomic E-state index is 0.0296. The fraction of sp³-hybridized carbons (Fsp3) is 0.300. The van der Waals surface area contributed by atoms with E-state index >= 15 is 0 Å². The molecule has 26 heavy (non-hydrogen) atoms. The molecule has 4 rings (SSSR count). The van der Waals surface area contributed by atoms with Crippen molar-refractivity contribution < 1.29 is 14.0 Å². The number of halogens is 1. The minimum Gasteiger partial charge on any atom is -0.324 e. The van der Waals surface area contributed by atoms with E-state index in [-0.39, 0.29) is 23.2 Å². The van der Waals surface area contributed by atoms with Gasteiger partial charge in [0.1, 0.15) is 5.82 Å². The van der Waals surface area contributed by atoms with Crippen molar-refractivity contribution in [2.75, 3.05) is 29.9 Å². The summed E-state index contributed by atoms with van der Waals surface area (Å²) in [4.78, 5) is 28.5. The highest BCUT2D eigenvalue weighted by Gasteiger charge is 2.48. The summed E-state index contributed by atoms with van der Waals surface area (Å²) in [6.45, 7) is 1.74. The van der Waals surface area contributed by atoms with Crippen LogP contribution in [0.25, 0.3) is 0 Å². The van der Waals surface area contributed by atoms with Crippen molar-refractivity contribution >= 4 is 23.3 Å². The van der Waals surface area contributed by atoms with Crippen molar-refractivity contribution in [1.82, 2.24) is 4.90 Å². The Bertz CT molecular complexity index is 825. The van der Waals surface area contributed by atoms with Crippen LogP contribution in [0, 0.1) is 11.2 Å². The molecule has 2 aliphatic rings. The van der Waals surface area contributed by atoms with E-state index in [4.69, 9.17) is 0 Å². The molecule has 2 fully saturated rings. The van der Waals surface area contributed by atoms with Crippen LogP contribution >= 0.6 is 0 Å². The van der Waals surface area contributed by atoms with Gasteiger partial charge in [-0.05, 0) is 42.8 Å². The summed E-state index contributed by atoms with van der Waals surface area (Å²) in [6.07, 6.45) is 1.21. The lowest BCUT2D eigenvalue weighted by molar-refractivity contribution is -0.117. The normalized spacial score (nSPS) is 22.3. The largest absolute Gasteiger partial charge is 0.324 e. The van der Waals surface area contributed by atoms with Gasteiger partial charge in [-0.25, -0.2) is 9.18 Å². The number of carbonyl (C=O) groups is 2. The lowest BCUT2D eigenvalue weighted by atomic mass is 9.86. The summed E-state index contributed by atoms with van der Waals surface area (Å²) in [6, 6.07) is 15.2. The summed E-state index contributed by atoms with van der Waals surface area (Å²) in [5.74, 6) is -0.290. The predicted molar refractivity (Wildman–Crippen MR) is 97.5 cm³/mol. The Morgan fingerprint density at radius 1 is 1.04 bits per heavy atom. The Kier molecular flexibility index (Phi) is 4.11. The van der Waals surface area contributed by atoms with E-state index in [1.165, 1.54) is 12.1 Å². The number of likely N-dealkylation sites (tertiary alicyclic amines) is 1. The van der Waals surface area contributed by atoms with Gasteiger partial charge in [-0.15, -0.1) is 0 Å². The maximum atomic E-state index is 13.1. The highest BCUT2D eigenvalue weighted by atomic mass is 19.1. The lowest BCUT2D eigenvalue weighted by Gasteiger charge is -2.24. The zero-order chi connectivity index (χ0) is 18.1. The van der Waals surface area contributed by atoms with Gasteiger partial charge >= 0.3 is 6.03 Å². The van der Waals surface area contributed by atoms with E-state index in [0.717, 1.165) is 12.1 Å². The Hall–Kier alpha value is -2.89. The van der Waals surface area contributed by atoms with Crippen LogP contribution < -0.4 is 10.2 Å². The Morgan fingerprint density at radius 2 is 1.77 bits per heavy atom. The Balaban J connectivity index is 1.43. The molecule has 2 heterocycles. The van der Waals surface area contributed by atoms with E-state index in [1.54, 1.807) is 21.9 Å². The number of anilines is 2. The van der Waals surface area contributed by atoms with Crippen LogP contribution in [0.4, 0.5) is 20.6 Å². The summed E-state index contributed by atoms with van der Waals surface area (Å²) < 4.78 is 13.1. The number of nitrogens with zero attached hydrogens (tertiary/aromatic N) is 2. The molecule has 1 spiro atoms. The van der Waals surface area contributed by atoms with Crippen LogP contribution in [0.5, 0.6) is 0 Å². The molecule has 0 radical (unpaired) electrons. The molecule has 5 nitrogen and oxygen atoms in total. The first-order valence-electron chi connectivity index (χ1n) is 8.72. The summed E-state index contributed by atoms with van der Waals surface area (Å²) in [7, 11) is 0. The quantitative estimate of drug-likeness (QED) is 0.899. The molecule has 0 bridgehead atoms. The van der Waals surface area contributed by atoms with E-state index in [9.17, 15) is 14.0 Å². The summed E-state index contributed by atoms with van der Waals surface area (Å²) in [5.41, 5.74) is 1.24. The molecule has 3 amide bonds. The van der Waals surface area contributed by atoms with Gasteiger partial charge in [-0.3, -0.25) is 4.79 Å². The predicted octanol–water partition coefficient (Wildman–Crippen LogP) is 3.49. The number of urea groups is 1. The molecular formula is C20H20FN3O2. The second kappa shape index (κ2) is 6.44. The standard InChI is InChI=1S/C20H20FN3O2/c21-15-6-8-17(9-7-15)24-14-20(12-18(24)25)10-11-23(13-20)19(26)22-16-4-2-1-3-5-16/h1-9H,10-14H2,(H,22,26). The first-order chi connectivity index (χ1) is 12.5. The minimum atomic E-state index is -0.320. The van der Waals surface area contributed by atoms with Crippen LogP contribution in [-0.4, -0.2) is 36.5 Å². The molecule has 2 aromatic carbocycles. The van der Waals surface area contributed by atoms with Gasteiger partial charge < -0.3 is 15.1 Å². The molecule has 1 unspecified atom stereocenters. The van der Waals surface area contributed by atoms with E-state index in [1.807, 2.05) is 30.3 Å². The second-order valence-electron chi connectivity index (χ2n) is 7.10. The van der Waals surface area contributed by atoms with Crippen LogP contribution in [0.2, 0.25) is 0 Å². The number of amides is 3. The lowest BCUT2D eigenvalue weighted by Crippen LogP contribution is -2.36. The van der Waals surface area contributed by atoms with Crippen molar-refractivity contribution in [3.63, 3.8) is 0 Å². The number of para-hydroxylation sites is 1. The van der Waals surface area contributed by atoms with Crippen molar-refractivity contribution in [3.8, 4) is 0 Å². The number of hydrogen-bond donors (Lipinski definition) is 1. The number of benzene rings is 2. The molecular weight excluding hydrogens is 333 g/mol. The maximum absolute atomic E-state index is 13.1. The SMILES string of the molecule is O=C(Nc1ccccc1)N1CCC2(CC(=O)N(c3ccc(F)cc3)C2)C1. The molecule has 6 heteroatoms. The number of rotatable bonds is 2. The summed E-state index contributed by atoms with van der Waals surface area (Å²) >= 11 is 0. The summed E-state index contributed by atoms with van der Waals surface area (Å²) in [5, 5.41) is 2.90. The molecule has 1 atom stereocenters. The number of nitrogens with one attached hydrogen (secondary N) is 1. The fourth-order valence-corrected chi connectivity index (χ4v) is 3.86. The number of carbonyl (C=O) groups excluding carboxylic acids is 2. The molecule has 1 N–H and O–H groups in total. The highest BCUT2D eigenvalue weighted by Crippen LogP contribution is 2.42. The first kappa shape index (κ1) is 16.6. The molecule has 0 saturated carbocycles. The fourth-order valence-electron chi connectivity index (χ4n) is 3.86. The molecule has 2 aromatic rings.